The lowest BCUT2D eigenvalue weighted by Gasteiger charge is -2.21. The number of ether oxygens (including phenoxy) is 1. The van der Waals surface area contributed by atoms with Crippen LogP contribution >= 0.6 is 27.5 Å². The quantitative estimate of drug-likeness (QED) is 0.461. The standard InChI is InChI=1S/C19H19BrClN3O3S/c1-12(2)11-24(22-10-13-4-6-16(21)17(8-13)27-3)19-15-9-14(20)5-7-18(15)28(25,26)23-19/h4-10,12H,11H2,1-3H3/b22-10+. The van der Waals surface area contributed by atoms with Crippen molar-refractivity contribution in [2.75, 3.05) is 13.7 Å². The third-order valence-corrected chi connectivity index (χ3v) is 6.10. The zero-order valence-corrected chi connectivity index (χ0v) is 18.7. The second kappa shape index (κ2) is 8.23. The summed E-state index contributed by atoms with van der Waals surface area (Å²) in [5.41, 5.74) is 1.30. The van der Waals surface area contributed by atoms with Gasteiger partial charge in [0.2, 0.25) is 0 Å². The second-order valence-electron chi connectivity index (χ2n) is 6.64. The maximum absolute atomic E-state index is 12.4. The molecular formula is C19H19BrClN3O3S. The van der Waals surface area contributed by atoms with Crippen LogP contribution in [0.5, 0.6) is 5.75 Å². The first-order valence-corrected chi connectivity index (χ1v) is 11.1. The van der Waals surface area contributed by atoms with Gasteiger partial charge in [0.05, 0.1) is 18.3 Å². The number of fused-ring (bicyclic) bond motifs is 1. The summed E-state index contributed by atoms with van der Waals surface area (Å²) in [5, 5.41) is 6.63. The van der Waals surface area contributed by atoms with E-state index in [1.807, 2.05) is 13.8 Å². The van der Waals surface area contributed by atoms with Crippen LogP contribution in [0.3, 0.4) is 0 Å². The van der Waals surface area contributed by atoms with E-state index in [4.69, 9.17) is 16.3 Å². The highest BCUT2D eigenvalue weighted by Gasteiger charge is 2.32. The lowest BCUT2D eigenvalue weighted by Crippen LogP contribution is -2.29. The topological polar surface area (TPSA) is 71.3 Å². The number of hydrogen-bond donors (Lipinski definition) is 0. The minimum absolute atomic E-state index is 0.183. The molecule has 9 heteroatoms. The first-order valence-electron chi connectivity index (χ1n) is 8.51. The monoisotopic (exact) mass is 483 g/mol. The molecule has 1 aliphatic rings. The normalized spacial score (nSPS) is 15.0. The van der Waals surface area contributed by atoms with Crippen LogP contribution in [0.4, 0.5) is 0 Å². The van der Waals surface area contributed by atoms with Crippen molar-refractivity contribution in [2.45, 2.75) is 18.7 Å². The number of rotatable bonds is 5. The molecule has 0 bridgehead atoms. The smallest absolute Gasteiger partial charge is 0.285 e. The lowest BCUT2D eigenvalue weighted by molar-refractivity contribution is 0.385. The summed E-state index contributed by atoms with van der Waals surface area (Å²) in [6.07, 6.45) is 1.63. The van der Waals surface area contributed by atoms with Crippen LogP contribution in [0.2, 0.25) is 5.02 Å². The molecule has 0 saturated carbocycles. The largest absolute Gasteiger partial charge is 0.495 e. The molecule has 0 aromatic heterocycles. The zero-order valence-electron chi connectivity index (χ0n) is 15.6. The minimum Gasteiger partial charge on any atom is -0.495 e. The van der Waals surface area contributed by atoms with E-state index in [1.165, 1.54) is 0 Å². The van der Waals surface area contributed by atoms with E-state index < -0.39 is 10.0 Å². The molecule has 0 spiro atoms. The molecule has 148 valence electrons. The zero-order chi connectivity index (χ0) is 20.5. The third-order valence-electron chi connectivity index (χ3n) is 3.97. The number of nitrogens with zero attached hydrogens (tertiary/aromatic N) is 3. The van der Waals surface area contributed by atoms with Crippen LogP contribution < -0.4 is 4.74 Å². The summed E-state index contributed by atoms with van der Waals surface area (Å²) in [4.78, 5) is 0.183. The Hall–Kier alpha value is -1.90. The van der Waals surface area contributed by atoms with Crippen molar-refractivity contribution in [3.05, 3.63) is 57.0 Å². The van der Waals surface area contributed by atoms with Gasteiger partial charge in [-0.3, -0.25) is 0 Å². The molecule has 0 aliphatic carbocycles. The van der Waals surface area contributed by atoms with Gasteiger partial charge in [0.15, 0.2) is 5.84 Å². The minimum atomic E-state index is -3.74. The molecule has 0 saturated heterocycles. The molecular weight excluding hydrogens is 466 g/mol. The van der Waals surface area contributed by atoms with Crippen LogP contribution in [0.1, 0.15) is 25.0 Å². The van der Waals surface area contributed by atoms with Crippen molar-refractivity contribution in [1.29, 1.82) is 0 Å². The van der Waals surface area contributed by atoms with Gasteiger partial charge in [0.25, 0.3) is 10.0 Å². The van der Waals surface area contributed by atoms with E-state index in [0.717, 1.165) is 10.0 Å². The fourth-order valence-corrected chi connectivity index (χ4v) is 4.47. The van der Waals surface area contributed by atoms with E-state index in [0.29, 0.717) is 28.7 Å². The van der Waals surface area contributed by atoms with Crippen LogP contribution in [-0.4, -0.2) is 39.1 Å². The highest BCUT2D eigenvalue weighted by atomic mass is 79.9. The molecule has 3 rings (SSSR count). The molecule has 0 fully saturated rings. The fraction of sp³-hybridized carbons (Fsp3) is 0.263. The molecule has 0 atom stereocenters. The van der Waals surface area contributed by atoms with Gasteiger partial charge in [-0.05, 0) is 41.8 Å². The second-order valence-corrected chi connectivity index (χ2v) is 9.54. The van der Waals surface area contributed by atoms with Crippen molar-refractivity contribution >= 4 is 49.6 Å². The number of sulfonamides is 1. The molecule has 1 aliphatic heterocycles. The molecule has 2 aromatic carbocycles. The van der Waals surface area contributed by atoms with Crippen molar-refractivity contribution in [1.82, 2.24) is 5.01 Å². The number of halogens is 2. The summed E-state index contributed by atoms with van der Waals surface area (Å²) < 4.78 is 34.9. The molecule has 0 unspecified atom stereocenters. The Balaban J connectivity index is 2.01. The number of hydrazone groups is 1. The van der Waals surface area contributed by atoms with Crippen LogP contribution in [0, 0.1) is 5.92 Å². The molecule has 0 amide bonds. The summed E-state index contributed by atoms with van der Waals surface area (Å²) in [6, 6.07) is 10.3. The Morgan fingerprint density at radius 3 is 2.71 bits per heavy atom. The summed E-state index contributed by atoms with van der Waals surface area (Å²) in [7, 11) is -2.20. The predicted molar refractivity (Wildman–Crippen MR) is 115 cm³/mol. The van der Waals surface area contributed by atoms with Crippen LogP contribution in [-0.2, 0) is 10.0 Å². The first-order chi connectivity index (χ1) is 13.2. The molecule has 1 heterocycles. The maximum Gasteiger partial charge on any atom is 0.285 e. The van der Waals surface area contributed by atoms with E-state index in [2.05, 4.69) is 25.4 Å². The Bertz CT molecular complexity index is 1070. The lowest BCUT2D eigenvalue weighted by atomic mass is 10.1. The molecule has 2 aromatic rings. The Kier molecular flexibility index (Phi) is 6.12. The van der Waals surface area contributed by atoms with Gasteiger partial charge in [0.1, 0.15) is 10.6 Å². The molecule has 6 nitrogen and oxygen atoms in total. The average Bonchev–Trinajstić information content (AvgIpc) is 2.89. The van der Waals surface area contributed by atoms with E-state index in [9.17, 15) is 8.42 Å². The summed E-state index contributed by atoms with van der Waals surface area (Å²) in [6.45, 7) is 4.56. The molecule has 0 N–H and O–H groups in total. The summed E-state index contributed by atoms with van der Waals surface area (Å²) >= 11 is 9.46. The fourth-order valence-electron chi connectivity index (χ4n) is 2.73. The van der Waals surface area contributed by atoms with Crippen LogP contribution in [0.15, 0.2) is 55.3 Å². The van der Waals surface area contributed by atoms with Gasteiger partial charge in [-0.1, -0.05) is 47.4 Å². The van der Waals surface area contributed by atoms with Gasteiger partial charge in [0, 0.05) is 16.6 Å². The van der Waals surface area contributed by atoms with E-state index in [-0.39, 0.29) is 10.8 Å². The average molecular weight is 485 g/mol. The van der Waals surface area contributed by atoms with Crippen molar-refractivity contribution in [3.63, 3.8) is 0 Å². The van der Waals surface area contributed by atoms with Gasteiger partial charge in [-0.15, -0.1) is 4.40 Å². The highest BCUT2D eigenvalue weighted by molar-refractivity contribution is 9.10. The number of benzene rings is 2. The molecule has 0 radical (unpaired) electrons. The van der Waals surface area contributed by atoms with Gasteiger partial charge < -0.3 is 4.74 Å². The SMILES string of the molecule is COc1cc(/C=N/N(CC(C)C)C2=NS(=O)(=O)c3ccc(Br)cc32)ccc1Cl. The number of hydrogen-bond acceptors (Lipinski definition) is 5. The summed E-state index contributed by atoms with van der Waals surface area (Å²) in [5.74, 6) is 1.08. The Labute approximate surface area is 178 Å². The van der Waals surface area contributed by atoms with Crippen LogP contribution in [0.25, 0.3) is 0 Å². The van der Waals surface area contributed by atoms with Crippen molar-refractivity contribution in [2.24, 2.45) is 15.4 Å². The third kappa shape index (κ3) is 4.39. The first kappa shape index (κ1) is 20.8. The van der Waals surface area contributed by atoms with Crippen molar-refractivity contribution in [3.8, 4) is 5.75 Å². The van der Waals surface area contributed by atoms with Gasteiger partial charge >= 0.3 is 0 Å². The van der Waals surface area contributed by atoms with Gasteiger partial charge in [-0.25, -0.2) is 5.01 Å². The van der Waals surface area contributed by atoms with Crippen molar-refractivity contribution < 1.29 is 13.2 Å². The predicted octanol–water partition coefficient (Wildman–Crippen LogP) is 4.55. The Morgan fingerprint density at radius 2 is 2.04 bits per heavy atom. The highest BCUT2D eigenvalue weighted by Crippen LogP contribution is 2.31. The Morgan fingerprint density at radius 1 is 1.29 bits per heavy atom. The molecule has 28 heavy (non-hydrogen) atoms. The van der Waals surface area contributed by atoms with E-state index in [1.54, 1.807) is 54.7 Å². The number of amidine groups is 1. The maximum atomic E-state index is 12.4. The van der Waals surface area contributed by atoms with Gasteiger partial charge in [-0.2, -0.15) is 13.5 Å². The number of methoxy groups -OCH3 is 1. The van der Waals surface area contributed by atoms with E-state index >= 15 is 0 Å².